The summed E-state index contributed by atoms with van der Waals surface area (Å²) in [6.45, 7) is 0. The summed E-state index contributed by atoms with van der Waals surface area (Å²) in [5, 5.41) is 1.15. The van der Waals surface area contributed by atoms with Crippen molar-refractivity contribution in [3.8, 4) is 11.1 Å². The molecule has 2 nitrogen and oxygen atoms in total. The fourth-order valence-electron chi connectivity index (χ4n) is 1.68. The number of pyridine rings is 1. The molecule has 0 fully saturated rings. The zero-order valence-electron chi connectivity index (χ0n) is 8.05. The Hall–Kier alpha value is -2.09. The predicted octanol–water partition coefficient (Wildman–Crippen LogP) is 3.49. The topological polar surface area (TPSA) is 26.0 Å². The minimum Gasteiger partial charge on any atom is -0.472 e. The maximum atomic E-state index is 5.07. The van der Waals surface area contributed by atoms with Crippen LogP contribution in [0.3, 0.4) is 0 Å². The Morgan fingerprint density at radius 2 is 2.00 bits per heavy atom. The molecule has 0 unspecified atom stereocenters. The second-order valence-electron chi connectivity index (χ2n) is 3.42. The lowest BCUT2D eigenvalue weighted by atomic mass is 10.1. The first-order valence-corrected chi connectivity index (χ1v) is 4.81. The van der Waals surface area contributed by atoms with Crippen LogP contribution in [0.25, 0.3) is 22.0 Å². The quantitative estimate of drug-likeness (QED) is 0.594. The van der Waals surface area contributed by atoms with E-state index in [1.807, 2.05) is 18.2 Å². The maximum Gasteiger partial charge on any atom is 0.0980 e. The van der Waals surface area contributed by atoms with Crippen molar-refractivity contribution in [3.05, 3.63) is 55.1 Å². The lowest BCUT2D eigenvalue weighted by molar-refractivity contribution is 0.568. The second-order valence-corrected chi connectivity index (χ2v) is 3.42. The summed E-state index contributed by atoms with van der Waals surface area (Å²) < 4.78 is 5.07. The van der Waals surface area contributed by atoms with Crippen LogP contribution < -0.4 is 0 Å². The van der Waals surface area contributed by atoms with Gasteiger partial charge in [-0.3, -0.25) is 4.98 Å². The molecule has 0 spiro atoms. The number of furan rings is 1. The summed E-state index contributed by atoms with van der Waals surface area (Å²) in [6, 6.07) is 12.2. The van der Waals surface area contributed by atoms with Gasteiger partial charge < -0.3 is 4.42 Å². The van der Waals surface area contributed by atoms with E-state index in [1.54, 1.807) is 18.7 Å². The summed E-state index contributed by atoms with van der Waals surface area (Å²) >= 11 is 0. The highest BCUT2D eigenvalue weighted by atomic mass is 16.3. The van der Waals surface area contributed by atoms with Gasteiger partial charge in [0.05, 0.1) is 18.0 Å². The Balaban J connectivity index is 2.22. The van der Waals surface area contributed by atoms with Crippen molar-refractivity contribution in [3.63, 3.8) is 0 Å². The number of hydrogen-bond acceptors (Lipinski definition) is 2. The molecule has 2 heteroatoms. The molecule has 3 aromatic rings. The summed E-state index contributed by atoms with van der Waals surface area (Å²) in [5.74, 6) is 0. The van der Waals surface area contributed by atoms with Crippen molar-refractivity contribution in [2.24, 2.45) is 0 Å². The molecule has 0 N–H and O–H groups in total. The van der Waals surface area contributed by atoms with E-state index in [0.29, 0.717) is 0 Å². The van der Waals surface area contributed by atoms with Gasteiger partial charge in [-0.1, -0.05) is 12.1 Å². The molecular weight excluding hydrogens is 186 g/mol. The molecule has 72 valence electrons. The van der Waals surface area contributed by atoms with Crippen LogP contribution in [-0.4, -0.2) is 4.98 Å². The molecule has 0 aliphatic carbocycles. The molecule has 0 saturated heterocycles. The van der Waals surface area contributed by atoms with Crippen LogP contribution in [0.4, 0.5) is 0 Å². The Kier molecular flexibility index (Phi) is 1.78. The van der Waals surface area contributed by atoms with Gasteiger partial charge in [0.15, 0.2) is 0 Å². The normalized spacial score (nSPS) is 10.7. The van der Waals surface area contributed by atoms with Crippen LogP contribution in [-0.2, 0) is 0 Å². The zero-order valence-corrected chi connectivity index (χ0v) is 8.05. The average Bonchev–Trinajstić information content (AvgIpc) is 2.82. The van der Waals surface area contributed by atoms with E-state index in [1.165, 1.54) is 0 Å². The first-order valence-electron chi connectivity index (χ1n) is 4.81. The van der Waals surface area contributed by atoms with Gasteiger partial charge in [0.2, 0.25) is 0 Å². The smallest absolute Gasteiger partial charge is 0.0980 e. The van der Waals surface area contributed by atoms with Crippen molar-refractivity contribution in [1.82, 2.24) is 4.98 Å². The summed E-state index contributed by atoms with van der Waals surface area (Å²) in [4.78, 5) is 4.28. The first kappa shape index (κ1) is 8.24. The first-order chi connectivity index (χ1) is 7.43. The number of benzene rings is 1. The molecule has 0 radical (unpaired) electrons. The van der Waals surface area contributed by atoms with Gasteiger partial charge in [0, 0.05) is 17.1 Å². The standard InChI is InChI=1S/C13H9NO/c1-2-11-8-10(12-5-7-15-9-12)3-4-13(11)14-6-1/h1-9H. The molecule has 0 atom stereocenters. The summed E-state index contributed by atoms with van der Waals surface area (Å²) in [5.41, 5.74) is 3.27. The largest absolute Gasteiger partial charge is 0.472 e. The van der Waals surface area contributed by atoms with Gasteiger partial charge in [0.1, 0.15) is 0 Å². The van der Waals surface area contributed by atoms with Crippen molar-refractivity contribution < 1.29 is 4.42 Å². The van der Waals surface area contributed by atoms with E-state index in [2.05, 4.69) is 23.2 Å². The molecular formula is C13H9NO. The highest BCUT2D eigenvalue weighted by Crippen LogP contribution is 2.23. The molecule has 0 aliphatic heterocycles. The van der Waals surface area contributed by atoms with Gasteiger partial charge in [0.25, 0.3) is 0 Å². The molecule has 1 aromatic carbocycles. The molecule has 0 aliphatic rings. The maximum absolute atomic E-state index is 5.07. The van der Waals surface area contributed by atoms with Crippen LogP contribution in [0.5, 0.6) is 0 Å². The zero-order chi connectivity index (χ0) is 10.1. The third-order valence-corrected chi connectivity index (χ3v) is 2.46. The van der Waals surface area contributed by atoms with Gasteiger partial charge in [-0.25, -0.2) is 0 Å². The molecule has 2 heterocycles. The lowest BCUT2D eigenvalue weighted by Crippen LogP contribution is -1.78. The monoisotopic (exact) mass is 195 g/mol. The van der Waals surface area contributed by atoms with Gasteiger partial charge in [-0.05, 0) is 29.8 Å². The minimum absolute atomic E-state index is 1.02. The molecule has 0 amide bonds. The molecule has 2 aromatic heterocycles. The van der Waals surface area contributed by atoms with Crippen molar-refractivity contribution in [2.75, 3.05) is 0 Å². The Bertz CT molecular complexity index is 584. The fraction of sp³-hybridized carbons (Fsp3) is 0. The number of rotatable bonds is 1. The third kappa shape index (κ3) is 1.40. The van der Waals surface area contributed by atoms with Crippen LogP contribution in [0.15, 0.2) is 59.5 Å². The SMILES string of the molecule is c1cnc2ccc(-c3ccoc3)cc2c1. The average molecular weight is 195 g/mol. The number of aromatic nitrogens is 1. The van der Waals surface area contributed by atoms with E-state index in [4.69, 9.17) is 4.42 Å². The van der Waals surface area contributed by atoms with E-state index < -0.39 is 0 Å². The molecule has 0 saturated carbocycles. The van der Waals surface area contributed by atoms with Crippen molar-refractivity contribution in [1.29, 1.82) is 0 Å². The molecule has 3 rings (SSSR count). The van der Waals surface area contributed by atoms with Gasteiger partial charge in [-0.15, -0.1) is 0 Å². The lowest BCUT2D eigenvalue weighted by Gasteiger charge is -1.99. The van der Waals surface area contributed by atoms with E-state index in [0.717, 1.165) is 22.0 Å². The fourth-order valence-corrected chi connectivity index (χ4v) is 1.68. The highest BCUT2D eigenvalue weighted by Gasteiger charge is 2.00. The third-order valence-electron chi connectivity index (χ3n) is 2.46. The van der Waals surface area contributed by atoms with E-state index >= 15 is 0 Å². The van der Waals surface area contributed by atoms with Crippen LogP contribution in [0, 0.1) is 0 Å². The van der Waals surface area contributed by atoms with Crippen LogP contribution in [0.1, 0.15) is 0 Å². The highest BCUT2D eigenvalue weighted by molar-refractivity contribution is 5.84. The van der Waals surface area contributed by atoms with E-state index in [-0.39, 0.29) is 0 Å². The van der Waals surface area contributed by atoms with Crippen molar-refractivity contribution in [2.45, 2.75) is 0 Å². The minimum atomic E-state index is 1.02. The Morgan fingerprint density at radius 1 is 1.00 bits per heavy atom. The van der Waals surface area contributed by atoms with Crippen molar-refractivity contribution >= 4 is 10.9 Å². The summed E-state index contributed by atoms with van der Waals surface area (Å²) in [7, 11) is 0. The van der Waals surface area contributed by atoms with E-state index in [9.17, 15) is 0 Å². The number of hydrogen-bond donors (Lipinski definition) is 0. The predicted molar refractivity (Wildman–Crippen MR) is 59.4 cm³/mol. The van der Waals surface area contributed by atoms with Gasteiger partial charge >= 0.3 is 0 Å². The molecule has 0 bridgehead atoms. The number of nitrogens with zero attached hydrogens (tertiary/aromatic N) is 1. The van der Waals surface area contributed by atoms with Gasteiger partial charge in [-0.2, -0.15) is 0 Å². The Morgan fingerprint density at radius 3 is 2.87 bits per heavy atom. The number of fused-ring (bicyclic) bond motifs is 1. The van der Waals surface area contributed by atoms with Crippen LogP contribution >= 0.6 is 0 Å². The molecule has 15 heavy (non-hydrogen) atoms. The second kappa shape index (κ2) is 3.24. The van der Waals surface area contributed by atoms with Crippen LogP contribution in [0.2, 0.25) is 0 Å². The summed E-state index contributed by atoms with van der Waals surface area (Å²) in [6.07, 6.45) is 5.24. The Labute approximate surface area is 87.2 Å².